The lowest BCUT2D eigenvalue weighted by atomic mass is 9.99. The lowest BCUT2D eigenvalue weighted by Crippen LogP contribution is -2.19. The summed E-state index contributed by atoms with van der Waals surface area (Å²) >= 11 is 5.96. The van der Waals surface area contributed by atoms with Gasteiger partial charge in [0.2, 0.25) is 0 Å². The molecule has 0 saturated carbocycles. The molecule has 20 heavy (non-hydrogen) atoms. The fourth-order valence-corrected chi connectivity index (χ4v) is 2.62. The van der Waals surface area contributed by atoms with Crippen LogP contribution < -0.4 is 5.32 Å². The fourth-order valence-electron chi connectivity index (χ4n) is 2.49. The lowest BCUT2D eigenvalue weighted by molar-refractivity contribution is 0.677. The minimum absolute atomic E-state index is 0.0540. The molecular weight excluding hydrogens is 268 g/mol. The first-order valence-electron chi connectivity index (χ1n) is 6.56. The third kappa shape index (κ3) is 2.40. The minimum Gasteiger partial charge on any atom is -0.308 e. The zero-order valence-corrected chi connectivity index (χ0v) is 11.9. The molecule has 1 N–H and O–H groups in total. The number of hydrogen-bond acceptors (Lipinski definition) is 2. The summed E-state index contributed by atoms with van der Waals surface area (Å²) in [6.07, 6.45) is 1.86. The van der Waals surface area contributed by atoms with Crippen LogP contribution in [0.1, 0.15) is 17.3 Å². The summed E-state index contributed by atoms with van der Waals surface area (Å²) in [5.74, 6) is 0. The van der Waals surface area contributed by atoms with Crippen LogP contribution in [0.25, 0.3) is 10.8 Å². The summed E-state index contributed by atoms with van der Waals surface area (Å²) in [5, 5.41) is 6.46. The number of hydrogen-bond donors (Lipinski definition) is 1. The quantitative estimate of drug-likeness (QED) is 0.779. The summed E-state index contributed by atoms with van der Waals surface area (Å²) in [6, 6.07) is 18.3. The van der Waals surface area contributed by atoms with E-state index in [1.165, 1.54) is 10.8 Å². The van der Waals surface area contributed by atoms with E-state index in [1.54, 1.807) is 0 Å². The zero-order valence-electron chi connectivity index (χ0n) is 11.2. The number of pyridine rings is 1. The smallest absolute Gasteiger partial charge is 0.0755 e. The molecule has 3 heteroatoms. The van der Waals surface area contributed by atoms with Crippen molar-refractivity contribution in [3.8, 4) is 0 Å². The van der Waals surface area contributed by atoms with Gasteiger partial charge in [-0.05, 0) is 36.2 Å². The summed E-state index contributed by atoms with van der Waals surface area (Å²) in [4.78, 5) is 4.58. The Hall–Kier alpha value is -1.90. The van der Waals surface area contributed by atoms with Crippen LogP contribution in [0.5, 0.6) is 0 Å². The van der Waals surface area contributed by atoms with Gasteiger partial charge in [0.15, 0.2) is 0 Å². The van der Waals surface area contributed by atoms with Crippen LogP contribution in [-0.4, -0.2) is 12.0 Å². The molecule has 0 aliphatic carbocycles. The Morgan fingerprint density at radius 3 is 2.50 bits per heavy atom. The Morgan fingerprint density at radius 2 is 1.75 bits per heavy atom. The van der Waals surface area contributed by atoms with E-state index in [0.29, 0.717) is 0 Å². The molecule has 100 valence electrons. The van der Waals surface area contributed by atoms with Crippen molar-refractivity contribution in [2.24, 2.45) is 0 Å². The van der Waals surface area contributed by atoms with Gasteiger partial charge in [-0.2, -0.15) is 0 Å². The van der Waals surface area contributed by atoms with E-state index in [9.17, 15) is 0 Å². The highest BCUT2D eigenvalue weighted by atomic mass is 35.5. The molecule has 2 nitrogen and oxygen atoms in total. The number of aromatic nitrogens is 1. The average molecular weight is 283 g/mol. The van der Waals surface area contributed by atoms with Gasteiger partial charge < -0.3 is 5.32 Å². The predicted molar refractivity (Wildman–Crippen MR) is 84.1 cm³/mol. The van der Waals surface area contributed by atoms with E-state index < -0.39 is 0 Å². The largest absolute Gasteiger partial charge is 0.308 e. The number of halogens is 1. The molecule has 0 aliphatic rings. The maximum atomic E-state index is 5.96. The van der Waals surface area contributed by atoms with Crippen molar-refractivity contribution in [2.75, 3.05) is 7.05 Å². The Bertz CT molecular complexity index is 717. The van der Waals surface area contributed by atoms with Gasteiger partial charge in [-0.15, -0.1) is 0 Å². The molecule has 1 atom stereocenters. The number of benzene rings is 2. The highest BCUT2D eigenvalue weighted by Crippen LogP contribution is 2.27. The van der Waals surface area contributed by atoms with Crippen molar-refractivity contribution in [1.29, 1.82) is 0 Å². The summed E-state index contributed by atoms with van der Waals surface area (Å²) in [5.41, 5.74) is 2.19. The molecule has 0 aliphatic heterocycles. The van der Waals surface area contributed by atoms with E-state index in [-0.39, 0.29) is 6.04 Å². The molecule has 3 aromatic rings. The van der Waals surface area contributed by atoms with Crippen LogP contribution in [0, 0.1) is 0 Å². The van der Waals surface area contributed by atoms with Gasteiger partial charge in [0, 0.05) is 16.6 Å². The second kappa shape index (κ2) is 5.61. The summed E-state index contributed by atoms with van der Waals surface area (Å²) < 4.78 is 0. The van der Waals surface area contributed by atoms with Gasteiger partial charge >= 0.3 is 0 Å². The maximum Gasteiger partial charge on any atom is 0.0755 e. The number of nitrogens with one attached hydrogen (secondary N) is 1. The average Bonchev–Trinajstić information content (AvgIpc) is 2.50. The number of fused-ring (bicyclic) bond motifs is 1. The molecular formula is C17H15ClN2. The molecule has 1 unspecified atom stereocenters. The van der Waals surface area contributed by atoms with E-state index in [4.69, 9.17) is 11.6 Å². The van der Waals surface area contributed by atoms with Crippen LogP contribution in [-0.2, 0) is 0 Å². The molecule has 1 heterocycles. The van der Waals surface area contributed by atoms with Crippen LogP contribution in [0.15, 0.2) is 60.8 Å². The summed E-state index contributed by atoms with van der Waals surface area (Å²) in [7, 11) is 1.95. The second-order valence-electron chi connectivity index (χ2n) is 4.69. The molecule has 1 aromatic heterocycles. The van der Waals surface area contributed by atoms with Gasteiger partial charge in [-0.1, -0.05) is 48.0 Å². The van der Waals surface area contributed by atoms with Crippen molar-refractivity contribution in [1.82, 2.24) is 10.3 Å². The van der Waals surface area contributed by atoms with Crippen LogP contribution in [0.2, 0.25) is 5.02 Å². The predicted octanol–water partition coefficient (Wildman–Crippen LogP) is 4.20. The van der Waals surface area contributed by atoms with E-state index in [1.807, 2.05) is 55.7 Å². The Balaban J connectivity index is 2.14. The highest BCUT2D eigenvalue weighted by molar-refractivity contribution is 6.30. The lowest BCUT2D eigenvalue weighted by Gasteiger charge is -2.18. The molecule has 0 amide bonds. The van der Waals surface area contributed by atoms with Crippen molar-refractivity contribution >= 4 is 22.4 Å². The first kappa shape index (κ1) is 13.1. The molecule has 3 rings (SSSR count). The van der Waals surface area contributed by atoms with E-state index in [2.05, 4.69) is 22.4 Å². The molecule has 0 bridgehead atoms. The highest BCUT2D eigenvalue weighted by Gasteiger charge is 2.15. The number of rotatable bonds is 3. The van der Waals surface area contributed by atoms with Crippen molar-refractivity contribution in [2.45, 2.75) is 6.04 Å². The van der Waals surface area contributed by atoms with Gasteiger partial charge in [-0.3, -0.25) is 4.98 Å². The first-order valence-corrected chi connectivity index (χ1v) is 6.94. The normalized spacial score (nSPS) is 12.5. The topological polar surface area (TPSA) is 24.9 Å². The van der Waals surface area contributed by atoms with Gasteiger partial charge in [0.25, 0.3) is 0 Å². The monoisotopic (exact) mass is 282 g/mol. The zero-order chi connectivity index (χ0) is 13.9. The Morgan fingerprint density at radius 1 is 1.00 bits per heavy atom. The number of nitrogens with zero attached hydrogens (tertiary/aromatic N) is 1. The van der Waals surface area contributed by atoms with Gasteiger partial charge in [-0.25, -0.2) is 0 Å². The third-order valence-corrected chi connectivity index (χ3v) is 3.72. The van der Waals surface area contributed by atoms with Crippen molar-refractivity contribution in [3.05, 3.63) is 77.1 Å². The van der Waals surface area contributed by atoms with Crippen LogP contribution in [0.3, 0.4) is 0 Å². The fraction of sp³-hybridized carbons (Fsp3) is 0.118. The first-order chi connectivity index (χ1) is 9.79. The standard InChI is InChI=1S/C17H15ClN2/c1-19-16(13-6-8-14(18)9-7-13)17-15-5-3-2-4-12(15)10-11-20-17/h2-11,16,19H,1H3. The van der Waals surface area contributed by atoms with Gasteiger partial charge in [0.1, 0.15) is 0 Å². The van der Waals surface area contributed by atoms with E-state index in [0.717, 1.165) is 16.3 Å². The molecule has 2 aromatic carbocycles. The maximum absolute atomic E-state index is 5.96. The van der Waals surface area contributed by atoms with Crippen LogP contribution >= 0.6 is 11.6 Å². The Labute approximate surface area is 123 Å². The van der Waals surface area contributed by atoms with Crippen molar-refractivity contribution in [3.63, 3.8) is 0 Å². The third-order valence-electron chi connectivity index (χ3n) is 3.47. The van der Waals surface area contributed by atoms with E-state index >= 15 is 0 Å². The second-order valence-corrected chi connectivity index (χ2v) is 5.13. The molecule has 0 spiro atoms. The van der Waals surface area contributed by atoms with Crippen molar-refractivity contribution < 1.29 is 0 Å². The molecule has 0 saturated heterocycles. The van der Waals surface area contributed by atoms with Gasteiger partial charge in [0.05, 0.1) is 11.7 Å². The Kier molecular flexibility index (Phi) is 3.68. The minimum atomic E-state index is 0.0540. The van der Waals surface area contributed by atoms with Crippen LogP contribution in [0.4, 0.5) is 0 Å². The molecule has 0 radical (unpaired) electrons. The molecule has 0 fully saturated rings. The SMILES string of the molecule is CNC(c1ccc(Cl)cc1)c1nccc2ccccc12. The summed E-state index contributed by atoms with van der Waals surface area (Å²) in [6.45, 7) is 0.